The van der Waals surface area contributed by atoms with Crippen molar-refractivity contribution in [1.29, 1.82) is 0 Å². The predicted octanol–water partition coefficient (Wildman–Crippen LogP) is 4.34. The molecule has 1 saturated carbocycles. The molecule has 0 spiro atoms. The van der Waals surface area contributed by atoms with Crippen molar-refractivity contribution in [3.8, 4) is 0 Å². The molecule has 2 aliphatic rings. The third-order valence-electron chi connectivity index (χ3n) is 4.56. The van der Waals surface area contributed by atoms with Gasteiger partial charge in [0.1, 0.15) is 0 Å². The summed E-state index contributed by atoms with van der Waals surface area (Å²) < 4.78 is 104. The summed E-state index contributed by atoms with van der Waals surface area (Å²) in [5.74, 6) is -1.07. The molecule has 156 valence electrons. The molecular weight excluding hydrogens is 395 g/mol. The molecular formula is C21H32Cl2N4O. The van der Waals surface area contributed by atoms with E-state index in [1.165, 1.54) is 17.0 Å². The van der Waals surface area contributed by atoms with Gasteiger partial charge in [-0.25, -0.2) is 4.79 Å². The Labute approximate surface area is 195 Å². The van der Waals surface area contributed by atoms with E-state index in [1.54, 1.807) is 14.1 Å². The number of rotatable bonds is 5. The van der Waals surface area contributed by atoms with Gasteiger partial charge in [-0.05, 0) is 56.6 Å². The van der Waals surface area contributed by atoms with Gasteiger partial charge < -0.3 is 15.1 Å². The number of benzene rings is 1. The van der Waals surface area contributed by atoms with Crippen LogP contribution in [0.3, 0.4) is 0 Å². The highest BCUT2D eigenvalue weighted by Crippen LogP contribution is 2.33. The average Bonchev–Trinajstić information content (AvgIpc) is 2.80. The van der Waals surface area contributed by atoms with E-state index in [0.29, 0.717) is 0 Å². The zero-order chi connectivity index (χ0) is 30.9. The zero-order valence-corrected chi connectivity index (χ0v) is 17.2. The number of piperazine rings is 1. The van der Waals surface area contributed by atoms with E-state index in [4.69, 9.17) is 39.7 Å². The van der Waals surface area contributed by atoms with Gasteiger partial charge >= 0.3 is 6.03 Å². The molecule has 7 heteroatoms. The molecule has 1 N–H and O–H groups in total. The first-order valence-corrected chi connectivity index (χ1v) is 9.75. The number of hydrogen-bond acceptors (Lipinski definition) is 3. The van der Waals surface area contributed by atoms with Crippen LogP contribution in [0.1, 0.15) is 48.5 Å². The van der Waals surface area contributed by atoms with Gasteiger partial charge in [-0.2, -0.15) is 0 Å². The Kier molecular flexibility index (Phi) is 3.85. The summed E-state index contributed by atoms with van der Waals surface area (Å²) in [6.45, 7) is -17.8. The summed E-state index contributed by atoms with van der Waals surface area (Å²) in [4.78, 5) is 13.2. The second kappa shape index (κ2) is 10.0. The van der Waals surface area contributed by atoms with Crippen LogP contribution in [-0.4, -0.2) is 68.5 Å². The molecule has 3 rings (SSSR count). The number of anilines is 1. The molecule has 1 aliphatic heterocycles. The largest absolute Gasteiger partial charge is 0.368 e. The Hall–Kier alpha value is -1.17. The molecule has 1 aliphatic carbocycles. The quantitative estimate of drug-likeness (QED) is 0.742. The maximum atomic E-state index is 12.0. The molecule has 0 bridgehead atoms. The van der Waals surface area contributed by atoms with Crippen LogP contribution in [-0.2, 0) is 0 Å². The molecule has 1 saturated heterocycles. The topological polar surface area (TPSA) is 38.8 Å². The molecule has 0 radical (unpaired) electrons. The van der Waals surface area contributed by atoms with Gasteiger partial charge in [-0.15, -0.1) is 0 Å². The molecule has 28 heavy (non-hydrogen) atoms. The van der Waals surface area contributed by atoms with Gasteiger partial charge in [-0.3, -0.25) is 4.90 Å². The average molecular weight is 439 g/mol. The number of hydrogen-bond donors (Lipinski definition) is 1. The molecule has 0 unspecified atom stereocenters. The smallest absolute Gasteiger partial charge is 0.317 e. The van der Waals surface area contributed by atoms with Crippen molar-refractivity contribution < 1.29 is 21.2 Å². The number of urea groups is 1. The summed E-state index contributed by atoms with van der Waals surface area (Å²) in [7, 11) is 3.13. The molecule has 2 amide bonds. The second-order valence-corrected chi connectivity index (χ2v) is 7.62. The van der Waals surface area contributed by atoms with Crippen molar-refractivity contribution in [3.05, 3.63) is 28.2 Å². The molecule has 2 fully saturated rings. The van der Waals surface area contributed by atoms with Crippen molar-refractivity contribution in [2.24, 2.45) is 5.92 Å². The predicted molar refractivity (Wildman–Crippen MR) is 118 cm³/mol. The minimum absolute atomic E-state index is 0.0642. The van der Waals surface area contributed by atoms with Crippen molar-refractivity contribution in [2.45, 2.75) is 38.1 Å². The monoisotopic (exact) mass is 438 g/mol. The van der Waals surface area contributed by atoms with Crippen LogP contribution in [0.15, 0.2) is 18.2 Å². The molecule has 1 heterocycles. The number of nitrogens with zero attached hydrogens (tertiary/aromatic N) is 3. The van der Waals surface area contributed by atoms with Gasteiger partial charge in [0.05, 0.1) is 21.2 Å². The van der Waals surface area contributed by atoms with E-state index in [-0.39, 0.29) is 57.6 Å². The molecule has 1 aromatic carbocycles. The van der Waals surface area contributed by atoms with E-state index in [1.807, 2.05) is 0 Å². The SMILES string of the molecule is [2H]C([2H])(C1CCC(NC(=O)N(C)C)CC1)C([2H])([2H])N1C([2H])([2H])C([2H])([2H])N(c2cccc(Cl)c2Cl)C([2H])([2H])C1([2H])[2H]. The molecule has 5 nitrogen and oxygen atoms in total. The minimum Gasteiger partial charge on any atom is -0.368 e. The molecule has 1 aromatic rings. The van der Waals surface area contributed by atoms with E-state index >= 15 is 0 Å². The fraction of sp³-hybridized carbons (Fsp3) is 0.667. The highest BCUT2D eigenvalue weighted by molar-refractivity contribution is 6.43. The first-order chi connectivity index (χ1) is 18.0. The van der Waals surface area contributed by atoms with Gasteiger partial charge in [0.25, 0.3) is 0 Å². The number of halogens is 2. The first kappa shape index (κ1) is 10.7. The van der Waals surface area contributed by atoms with Crippen LogP contribution < -0.4 is 10.2 Å². The number of carbonyl (C=O) groups is 1. The summed E-state index contributed by atoms with van der Waals surface area (Å²) in [5.41, 5.74) is -0.460. The lowest BCUT2D eigenvalue weighted by Gasteiger charge is -2.37. The summed E-state index contributed by atoms with van der Waals surface area (Å²) in [6.07, 6.45) is -2.28. The fourth-order valence-electron chi connectivity index (χ4n) is 2.94. The Morgan fingerprint density at radius 2 is 1.89 bits per heavy atom. The maximum absolute atomic E-state index is 12.0. The van der Waals surface area contributed by atoms with Crippen LogP contribution in [0.2, 0.25) is 10.0 Å². The third-order valence-corrected chi connectivity index (χ3v) is 5.37. The van der Waals surface area contributed by atoms with E-state index in [9.17, 15) is 4.79 Å². The maximum Gasteiger partial charge on any atom is 0.317 e. The van der Waals surface area contributed by atoms with Crippen LogP contribution in [0.25, 0.3) is 0 Å². The van der Waals surface area contributed by atoms with E-state index < -0.39 is 50.5 Å². The number of amides is 2. The normalized spacial score (nSPS) is 38.1. The van der Waals surface area contributed by atoms with E-state index in [0.717, 1.165) is 6.07 Å². The van der Waals surface area contributed by atoms with Crippen molar-refractivity contribution >= 4 is 34.9 Å². The van der Waals surface area contributed by atoms with Crippen LogP contribution >= 0.6 is 23.2 Å². The van der Waals surface area contributed by atoms with E-state index in [2.05, 4.69) is 5.32 Å². The highest BCUT2D eigenvalue weighted by Gasteiger charge is 2.24. The molecule has 0 atom stereocenters. The lowest BCUT2D eigenvalue weighted by molar-refractivity contribution is 0.194. The standard InChI is InChI=1S/C21H32Cl2N4O/c1-25(2)21(28)24-17-8-6-16(7-9-17)10-11-26-12-14-27(15-13-26)19-5-3-4-18(22)20(19)23/h3-5,16-17H,6-15H2,1-2H3,(H,24,28)/i10D2,11D2,12D2,13D2,14D2,15D2. The van der Waals surface area contributed by atoms with Gasteiger partial charge in [0, 0.05) is 57.1 Å². The van der Waals surface area contributed by atoms with Gasteiger partial charge in [0.15, 0.2) is 0 Å². The fourth-order valence-corrected chi connectivity index (χ4v) is 3.32. The first-order valence-electron chi connectivity index (χ1n) is 15.0. The summed E-state index contributed by atoms with van der Waals surface area (Å²) in [6, 6.07) is 3.10. The lowest BCUT2D eigenvalue weighted by Crippen LogP contribution is -2.47. The van der Waals surface area contributed by atoms with Crippen molar-refractivity contribution in [1.82, 2.24) is 15.1 Å². The number of carbonyl (C=O) groups excluding carboxylic acids is 1. The number of nitrogens with one attached hydrogen (secondary N) is 1. The Bertz CT molecular complexity index is 1100. The highest BCUT2D eigenvalue weighted by atomic mass is 35.5. The minimum atomic E-state index is -3.64. The van der Waals surface area contributed by atoms with Crippen LogP contribution in [0, 0.1) is 5.92 Å². The van der Waals surface area contributed by atoms with Crippen molar-refractivity contribution in [3.63, 3.8) is 0 Å². The lowest BCUT2D eigenvalue weighted by atomic mass is 9.84. The zero-order valence-electron chi connectivity index (χ0n) is 27.7. The van der Waals surface area contributed by atoms with Crippen LogP contribution in [0.5, 0.6) is 0 Å². The van der Waals surface area contributed by atoms with Crippen LogP contribution in [0.4, 0.5) is 10.5 Å². The third kappa shape index (κ3) is 5.68. The molecule has 0 aromatic heterocycles. The Morgan fingerprint density at radius 1 is 1.21 bits per heavy atom. The van der Waals surface area contributed by atoms with Crippen molar-refractivity contribution in [2.75, 3.05) is 51.5 Å². The summed E-state index contributed by atoms with van der Waals surface area (Å²) in [5, 5.41) is 2.29. The summed E-state index contributed by atoms with van der Waals surface area (Å²) >= 11 is 12.2. The Morgan fingerprint density at radius 3 is 2.54 bits per heavy atom. The Balaban J connectivity index is 2.04. The van der Waals surface area contributed by atoms with Gasteiger partial charge in [-0.1, -0.05) is 29.3 Å². The second-order valence-electron chi connectivity index (χ2n) is 6.84. The van der Waals surface area contributed by atoms with Gasteiger partial charge in [0.2, 0.25) is 0 Å².